The first-order valence-corrected chi connectivity index (χ1v) is 8.94. The summed E-state index contributed by atoms with van der Waals surface area (Å²) in [5, 5.41) is 8.25. The van der Waals surface area contributed by atoms with E-state index in [1.807, 2.05) is 0 Å². The maximum Gasteiger partial charge on any atom is 0.190 e. The molecule has 1 aromatic heterocycles. The molecule has 1 aliphatic carbocycles. The molecule has 2 aromatic rings. The second kappa shape index (κ2) is 6.71. The van der Waals surface area contributed by atoms with E-state index in [1.54, 1.807) is 11.3 Å². The Morgan fingerprint density at radius 1 is 1.33 bits per heavy atom. The first-order valence-electron chi connectivity index (χ1n) is 7.71. The highest BCUT2D eigenvalue weighted by molar-refractivity contribution is 7.80. The first-order chi connectivity index (χ1) is 10.2. The Morgan fingerprint density at radius 2 is 2.14 bits per heavy atom. The number of rotatable bonds is 3. The van der Waals surface area contributed by atoms with E-state index in [4.69, 9.17) is 12.2 Å². The summed E-state index contributed by atoms with van der Waals surface area (Å²) in [6, 6.07) is 6.98. The van der Waals surface area contributed by atoms with Crippen LogP contribution < -0.4 is 10.6 Å². The summed E-state index contributed by atoms with van der Waals surface area (Å²) < 4.78 is 1.22. The predicted molar refractivity (Wildman–Crippen MR) is 95.2 cm³/mol. The van der Waals surface area contributed by atoms with Gasteiger partial charge in [0.1, 0.15) is 0 Å². The number of thiazole rings is 1. The van der Waals surface area contributed by atoms with Gasteiger partial charge in [0, 0.05) is 6.04 Å². The Kier molecular flexibility index (Phi) is 4.70. The third-order valence-electron chi connectivity index (χ3n) is 4.02. The van der Waals surface area contributed by atoms with Crippen LogP contribution in [0.4, 0.5) is 5.13 Å². The Balaban J connectivity index is 1.65. The molecule has 0 atom stereocenters. The zero-order chi connectivity index (χ0) is 14.7. The van der Waals surface area contributed by atoms with Gasteiger partial charge in [-0.05, 0) is 49.2 Å². The molecule has 0 radical (unpaired) electrons. The van der Waals surface area contributed by atoms with Crippen LogP contribution >= 0.6 is 23.6 Å². The molecule has 112 valence electrons. The smallest absolute Gasteiger partial charge is 0.190 e. The fourth-order valence-electron chi connectivity index (χ4n) is 2.81. The Morgan fingerprint density at radius 3 is 2.90 bits per heavy atom. The largest absolute Gasteiger partial charge is 0.360 e. The summed E-state index contributed by atoms with van der Waals surface area (Å²) in [7, 11) is 0. The average molecular weight is 319 g/mol. The van der Waals surface area contributed by atoms with Crippen molar-refractivity contribution in [3.63, 3.8) is 0 Å². The second-order valence-corrected chi connectivity index (χ2v) is 7.05. The van der Waals surface area contributed by atoms with Gasteiger partial charge >= 0.3 is 0 Å². The quantitative estimate of drug-likeness (QED) is 0.818. The number of thiocarbonyl (C=S) groups is 1. The Labute approximate surface area is 135 Å². The minimum atomic E-state index is 0.528. The minimum absolute atomic E-state index is 0.528. The van der Waals surface area contributed by atoms with Crippen LogP contribution in [0, 0.1) is 0 Å². The van der Waals surface area contributed by atoms with Crippen molar-refractivity contribution in [2.24, 2.45) is 0 Å². The molecular formula is C16H21N3S2. The van der Waals surface area contributed by atoms with E-state index >= 15 is 0 Å². The van der Waals surface area contributed by atoms with Crippen LogP contribution in [0.25, 0.3) is 10.2 Å². The van der Waals surface area contributed by atoms with Crippen LogP contribution in [0.1, 0.15) is 44.6 Å². The van der Waals surface area contributed by atoms with Crippen molar-refractivity contribution in [2.45, 2.75) is 51.5 Å². The molecule has 0 aliphatic heterocycles. The van der Waals surface area contributed by atoms with Crippen LogP contribution in [0.5, 0.6) is 0 Å². The van der Waals surface area contributed by atoms with Gasteiger partial charge < -0.3 is 10.6 Å². The lowest BCUT2D eigenvalue weighted by Crippen LogP contribution is -2.38. The number of benzene rings is 1. The molecule has 1 fully saturated rings. The number of hydrogen-bond acceptors (Lipinski definition) is 3. The van der Waals surface area contributed by atoms with Crippen LogP contribution in [0.2, 0.25) is 0 Å². The van der Waals surface area contributed by atoms with Gasteiger partial charge in [-0.1, -0.05) is 43.6 Å². The van der Waals surface area contributed by atoms with Gasteiger partial charge in [0.15, 0.2) is 10.2 Å². The number of nitrogens with zero attached hydrogens (tertiary/aromatic N) is 1. The standard InChI is InChI=1S/C16H21N3S2/c1-2-11-8-9-13-14(10-11)21-16(18-13)19-15(20)17-12-6-4-3-5-7-12/h8-10,12H,2-7H2,1H3,(H2,17,18,19,20). The molecule has 1 aromatic carbocycles. The first kappa shape index (κ1) is 14.7. The Bertz CT molecular complexity index is 629. The number of hydrogen-bond donors (Lipinski definition) is 2. The van der Waals surface area contributed by atoms with Crippen LogP contribution in [-0.4, -0.2) is 16.1 Å². The van der Waals surface area contributed by atoms with E-state index in [1.165, 1.54) is 42.4 Å². The van der Waals surface area contributed by atoms with Gasteiger partial charge in [-0.15, -0.1) is 0 Å². The molecule has 1 saturated carbocycles. The summed E-state index contributed by atoms with van der Waals surface area (Å²) in [5.41, 5.74) is 2.39. The van der Waals surface area contributed by atoms with E-state index in [2.05, 4.69) is 40.7 Å². The van der Waals surface area contributed by atoms with Crippen molar-refractivity contribution in [1.29, 1.82) is 0 Å². The molecule has 3 nitrogen and oxygen atoms in total. The van der Waals surface area contributed by atoms with Gasteiger partial charge in [-0.25, -0.2) is 4.98 Å². The summed E-state index contributed by atoms with van der Waals surface area (Å²) >= 11 is 7.08. The van der Waals surface area contributed by atoms with Gasteiger partial charge in [-0.2, -0.15) is 0 Å². The van der Waals surface area contributed by atoms with E-state index in [-0.39, 0.29) is 0 Å². The average Bonchev–Trinajstić information content (AvgIpc) is 2.89. The van der Waals surface area contributed by atoms with Crippen molar-refractivity contribution in [3.8, 4) is 0 Å². The third-order valence-corrected chi connectivity index (χ3v) is 5.18. The molecule has 1 aliphatic rings. The Hall–Kier alpha value is -1.20. The van der Waals surface area contributed by atoms with Gasteiger partial charge in [-0.3, -0.25) is 0 Å². The van der Waals surface area contributed by atoms with Gasteiger partial charge in [0.05, 0.1) is 10.2 Å². The van der Waals surface area contributed by atoms with Crippen molar-refractivity contribution < 1.29 is 0 Å². The predicted octanol–water partition coefficient (Wildman–Crippen LogP) is 4.48. The van der Waals surface area contributed by atoms with E-state index in [9.17, 15) is 0 Å². The van der Waals surface area contributed by atoms with Crippen molar-refractivity contribution in [3.05, 3.63) is 23.8 Å². The summed E-state index contributed by atoms with van der Waals surface area (Å²) in [4.78, 5) is 4.60. The van der Waals surface area contributed by atoms with E-state index in [0.29, 0.717) is 11.2 Å². The van der Waals surface area contributed by atoms with Crippen molar-refractivity contribution in [1.82, 2.24) is 10.3 Å². The number of nitrogens with one attached hydrogen (secondary N) is 2. The normalized spacial score (nSPS) is 16.0. The molecule has 0 amide bonds. The summed E-state index contributed by atoms with van der Waals surface area (Å²) in [6.45, 7) is 2.17. The maximum absolute atomic E-state index is 5.41. The van der Waals surface area contributed by atoms with Crippen molar-refractivity contribution in [2.75, 3.05) is 5.32 Å². The number of aryl methyl sites for hydroxylation is 1. The zero-order valence-corrected chi connectivity index (χ0v) is 13.9. The van der Waals surface area contributed by atoms with Gasteiger partial charge in [0.2, 0.25) is 0 Å². The van der Waals surface area contributed by atoms with Crippen LogP contribution in [0.3, 0.4) is 0 Å². The molecule has 1 heterocycles. The lowest BCUT2D eigenvalue weighted by atomic mass is 9.96. The lowest BCUT2D eigenvalue weighted by Gasteiger charge is -2.23. The minimum Gasteiger partial charge on any atom is -0.360 e. The zero-order valence-electron chi connectivity index (χ0n) is 12.3. The molecule has 0 unspecified atom stereocenters. The summed E-state index contributed by atoms with van der Waals surface area (Å²) in [5.74, 6) is 0. The fraction of sp³-hybridized carbons (Fsp3) is 0.500. The van der Waals surface area contributed by atoms with Gasteiger partial charge in [0.25, 0.3) is 0 Å². The van der Waals surface area contributed by atoms with Crippen molar-refractivity contribution >= 4 is 44.0 Å². The second-order valence-electron chi connectivity index (χ2n) is 5.61. The monoisotopic (exact) mass is 319 g/mol. The number of aromatic nitrogens is 1. The summed E-state index contributed by atoms with van der Waals surface area (Å²) in [6.07, 6.45) is 7.47. The SMILES string of the molecule is CCc1ccc2nc(NC(=S)NC3CCCCC3)sc2c1. The topological polar surface area (TPSA) is 37.0 Å². The molecule has 0 spiro atoms. The molecule has 21 heavy (non-hydrogen) atoms. The lowest BCUT2D eigenvalue weighted by molar-refractivity contribution is 0.415. The number of fused-ring (bicyclic) bond motifs is 1. The maximum atomic E-state index is 5.41. The molecule has 0 saturated heterocycles. The van der Waals surface area contributed by atoms with E-state index < -0.39 is 0 Å². The molecule has 0 bridgehead atoms. The molecular weight excluding hydrogens is 298 g/mol. The molecule has 5 heteroatoms. The van der Waals surface area contributed by atoms with E-state index in [0.717, 1.165) is 17.1 Å². The highest BCUT2D eigenvalue weighted by Gasteiger charge is 2.14. The highest BCUT2D eigenvalue weighted by Crippen LogP contribution is 2.27. The third kappa shape index (κ3) is 3.71. The van der Waals surface area contributed by atoms with Crippen LogP contribution in [0.15, 0.2) is 18.2 Å². The number of anilines is 1. The molecule has 3 rings (SSSR count). The fourth-order valence-corrected chi connectivity index (χ4v) is 4.07. The van der Waals surface area contributed by atoms with Crippen LogP contribution in [-0.2, 0) is 6.42 Å². The highest BCUT2D eigenvalue weighted by atomic mass is 32.1. The molecule has 2 N–H and O–H groups in total.